The van der Waals surface area contributed by atoms with Gasteiger partial charge in [0.15, 0.2) is 5.11 Å². The minimum Gasteiger partial charge on any atom is -0.360 e. The third-order valence-electron chi connectivity index (χ3n) is 6.40. The molecule has 2 aromatic rings. The Morgan fingerprint density at radius 1 is 0.975 bits per heavy atom. The number of thiocarbonyl (C=S) groups is 1. The Kier molecular flexibility index (Phi) is 8.76. The van der Waals surface area contributed by atoms with Crippen molar-refractivity contribution in [2.45, 2.75) is 67.4 Å². The highest BCUT2D eigenvalue weighted by Gasteiger charge is 2.46. The molecule has 0 aromatic heterocycles. The molecular weight excluding hydrogens is 584 g/mol. The van der Waals surface area contributed by atoms with Gasteiger partial charge >= 0.3 is 0 Å². The average Bonchev–Trinajstić information content (AvgIpc) is 2.79. The van der Waals surface area contributed by atoms with Crippen molar-refractivity contribution < 1.29 is 36.1 Å². The summed E-state index contributed by atoms with van der Waals surface area (Å²) in [5.41, 5.74) is -1.83. The van der Waals surface area contributed by atoms with Crippen LogP contribution in [0.4, 0.5) is 11.4 Å². The summed E-state index contributed by atoms with van der Waals surface area (Å²) in [5, 5.41) is 30.9. The van der Waals surface area contributed by atoms with Crippen LogP contribution in [0.1, 0.15) is 51.7 Å². The molecule has 2 aromatic carbocycles. The molecule has 0 unspecified atom stereocenters. The van der Waals surface area contributed by atoms with Crippen molar-refractivity contribution in [2.24, 2.45) is 0 Å². The second kappa shape index (κ2) is 11.1. The van der Waals surface area contributed by atoms with E-state index < -0.39 is 51.7 Å². The highest BCUT2D eigenvalue weighted by Crippen LogP contribution is 2.37. The molecule has 217 valence electrons. The molecular formula is C24H29N4O9S3. The van der Waals surface area contributed by atoms with Gasteiger partial charge in [-0.25, -0.2) is 0 Å². The number of rotatable bonds is 7. The van der Waals surface area contributed by atoms with Crippen LogP contribution in [0.5, 0.6) is 0 Å². The zero-order valence-electron chi connectivity index (χ0n) is 22.0. The minimum atomic E-state index is -4.86. The van der Waals surface area contributed by atoms with Gasteiger partial charge in [0.1, 0.15) is 9.79 Å². The Morgan fingerprint density at radius 2 is 1.45 bits per heavy atom. The summed E-state index contributed by atoms with van der Waals surface area (Å²) in [7, 11) is -9.63. The summed E-state index contributed by atoms with van der Waals surface area (Å²) >= 11 is 5.39. The molecule has 0 saturated carbocycles. The normalized spacial score (nSPS) is 18.0. The average molecular weight is 614 g/mol. The molecule has 0 atom stereocenters. The van der Waals surface area contributed by atoms with E-state index in [2.05, 4.69) is 10.6 Å². The Hall–Kier alpha value is -2.99. The first-order chi connectivity index (χ1) is 18.2. The van der Waals surface area contributed by atoms with Crippen molar-refractivity contribution in [3.05, 3.63) is 57.6 Å². The lowest BCUT2D eigenvalue weighted by molar-refractivity contribution is -0.385. The van der Waals surface area contributed by atoms with Gasteiger partial charge in [-0.1, -0.05) is 18.2 Å². The molecule has 16 heteroatoms. The van der Waals surface area contributed by atoms with Crippen LogP contribution >= 0.6 is 12.2 Å². The summed E-state index contributed by atoms with van der Waals surface area (Å²) in [4.78, 5) is 8.88. The fourth-order valence-electron chi connectivity index (χ4n) is 4.87. The van der Waals surface area contributed by atoms with Gasteiger partial charge in [-0.2, -0.15) is 16.8 Å². The Balaban J connectivity index is 1.87. The maximum atomic E-state index is 12.6. The van der Waals surface area contributed by atoms with E-state index in [1.807, 2.05) is 27.7 Å². The molecule has 13 nitrogen and oxygen atoms in total. The van der Waals surface area contributed by atoms with Crippen LogP contribution < -0.4 is 10.6 Å². The number of piperidine rings is 1. The zero-order chi connectivity index (χ0) is 30.3. The first-order valence-corrected chi connectivity index (χ1v) is 15.1. The van der Waals surface area contributed by atoms with E-state index >= 15 is 0 Å². The van der Waals surface area contributed by atoms with Crippen LogP contribution in [0.2, 0.25) is 0 Å². The van der Waals surface area contributed by atoms with Crippen molar-refractivity contribution in [3.8, 4) is 0 Å². The van der Waals surface area contributed by atoms with Crippen LogP contribution in [0, 0.1) is 10.1 Å². The van der Waals surface area contributed by atoms with Crippen LogP contribution in [0.3, 0.4) is 0 Å². The quantitative estimate of drug-likeness (QED) is 0.116. The van der Waals surface area contributed by atoms with Crippen LogP contribution in [-0.4, -0.2) is 58.2 Å². The lowest BCUT2D eigenvalue weighted by Gasteiger charge is -2.50. The number of nitrogens with zero attached hydrogens (tertiary/aromatic N) is 2. The van der Waals surface area contributed by atoms with Gasteiger partial charge in [0, 0.05) is 34.9 Å². The minimum absolute atomic E-state index is 0.0436. The summed E-state index contributed by atoms with van der Waals surface area (Å²) in [6, 6.07) is 6.53. The number of benzene rings is 2. The van der Waals surface area contributed by atoms with Crippen molar-refractivity contribution in [1.29, 1.82) is 0 Å². The lowest BCUT2D eigenvalue weighted by Crippen LogP contribution is -2.62. The number of anilines is 1. The largest absolute Gasteiger partial charge is 0.360 e. The Labute approximate surface area is 237 Å². The van der Waals surface area contributed by atoms with E-state index in [1.54, 1.807) is 0 Å². The van der Waals surface area contributed by atoms with Gasteiger partial charge in [0.05, 0.1) is 4.92 Å². The van der Waals surface area contributed by atoms with E-state index in [9.17, 15) is 41.3 Å². The smallest absolute Gasteiger partial charge is 0.295 e. The molecule has 0 aliphatic carbocycles. The molecule has 1 heterocycles. The number of non-ortho nitro benzene ring substituents is 1. The van der Waals surface area contributed by atoms with E-state index in [0.29, 0.717) is 18.9 Å². The molecule has 4 N–H and O–H groups in total. The number of hydroxylamine groups is 2. The second-order valence-electron chi connectivity index (χ2n) is 10.6. The standard InChI is InChI=1S/C24H29N4O9S3/c1-23(2)13-18(14-24(3,4)28(23)31)26-22(38)25-17-9-7-15(20(11-17)39(32,33)34)5-6-16-8-10-19(27(29)30)12-21(16)40(35,36)37/h5-12,18H,13-14H2,1-4H3,(H2,25,26,38)(H,32,33,34)(H,35,36,37)/b6-5+. The molecule has 40 heavy (non-hydrogen) atoms. The van der Waals surface area contributed by atoms with Gasteiger partial charge in [-0.05, 0) is 82.1 Å². The first kappa shape index (κ1) is 31.5. The maximum Gasteiger partial charge on any atom is 0.295 e. The Bertz CT molecular complexity index is 1570. The highest BCUT2D eigenvalue weighted by atomic mass is 32.2. The second-order valence-corrected chi connectivity index (χ2v) is 13.8. The molecule has 0 spiro atoms. The fraction of sp³-hybridized carbons (Fsp3) is 0.375. The van der Waals surface area contributed by atoms with E-state index in [0.717, 1.165) is 29.3 Å². The molecule has 1 saturated heterocycles. The molecule has 1 aliphatic rings. The van der Waals surface area contributed by atoms with Gasteiger partial charge < -0.3 is 10.6 Å². The third kappa shape index (κ3) is 7.39. The first-order valence-electron chi connectivity index (χ1n) is 11.8. The predicted octanol–water partition coefficient (Wildman–Crippen LogP) is 3.91. The topological polar surface area (TPSA) is 199 Å². The molecule has 0 bridgehead atoms. The fourth-order valence-corrected chi connectivity index (χ4v) is 6.57. The number of hydrogen-bond acceptors (Lipinski definition) is 8. The summed E-state index contributed by atoms with van der Waals surface area (Å²) < 4.78 is 67.1. The SMILES string of the molecule is CC1(C)CC(NC(=S)Nc2ccc(/C=C/c3ccc([N+](=O)[O-])cc3S(=O)(=O)O)c(S(=O)(=O)O)c2)CC(C)(C)N1[O]. The molecule has 1 aliphatic heterocycles. The van der Waals surface area contributed by atoms with Crippen LogP contribution in [0.25, 0.3) is 12.2 Å². The van der Waals surface area contributed by atoms with Crippen molar-refractivity contribution in [2.75, 3.05) is 5.32 Å². The predicted molar refractivity (Wildman–Crippen MR) is 151 cm³/mol. The van der Waals surface area contributed by atoms with Crippen molar-refractivity contribution in [1.82, 2.24) is 10.4 Å². The summed E-state index contributed by atoms with van der Waals surface area (Å²) in [6.45, 7) is 7.36. The van der Waals surface area contributed by atoms with Gasteiger partial charge in [-0.3, -0.25) is 19.2 Å². The van der Waals surface area contributed by atoms with E-state index in [4.69, 9.17) is 12.2 Å². The lowest BCUT2D eigenvalue weighted by atomic mass is 9.79. The van der Waals surface area contributed by atoms with Crippen molar-refractivity contribution in [3.63, 3.8) is 0 Å². The summed E-state index contributed by atoms with van der Waals surface area (Å²) in [5.74, 6) is 0. The monoisotopic (exact) mass is 613 g/mol. The third-order valence-corrected chi connectivity index (χ3v) is 8.44. The molecule has 3 rings (SSSR count). The number of nitrogens with one attached hydrogen (secondary N) is 2. The number of nitro benzene ring substituents is 1. The van der Waals surface area contributed by atoms with Gasteiger partial charge in [0.2, 0.25) is 0 Å². The van der Waals surface area contributed by atoms with E-state index in [1.165, 1.54) is 18.2 Å². The number of nitro groups is 1. The molecule has 1 fully saturated rings. The van der Waals surface area contributed by atoms with Gasteiger partial charge in [0.25, 0.3) is 25.9 Å². The van der Waals surface area contributed by atoms with E-state index in [-0.39, 0.29) is 28.0 Å². The zero-order valence-corrected chi connectivity index (χ0v) is 24.4. The maximum absolute atomic E-state index is 12.6. The molecule has 0 amide bonds. The molecule has 1 radical (unpaired) electrons. The van der Waals surface area contributed by atoms with Crippen LogP contribution in [-0.2, 0) is 25.4 Å². The number of hydrogen-bond donors (Lipinski definition) is 4. The van der Waals surface area contributed by atoms with Crippen molar-refractivity contribution >= 4 is 61.1 Å². The Morgan fingerprint density at radius 3 is 1.93 bits per heavy atom. The van der Waals surface area contributed by atoms with Crippen LogP contribution in [0.15, 0.2) is 46.2 Å². The van der Waals surface area contributed by atoms with Gasteiger partial charge in [-0.15, -0.1) is 10.3 Å². The summed E-state index contributed by atoms with van der Waals surface area (Å²) in [6.07, 6.45) is 3.31. The highest BCUT2D eigenvalue weighted by molar-refractivity contribution is 7.86.